The molecule has 12 aromatic heterocycles. The molecule has 12 rings (SSSR count). The van der Waals surface area contributed by atoms with E-state index in [1.54, 1.807) is 202 Å². The van der Waals surface area contributed by atoms with Crippen molar-refractivity contribution in [3.8, 4) is 0 Å². The van der Waals surface area contributed by atoms with Crippen LogP contribution in [0.4, 0.5) is 52.7 Å². The van der Waals surface area contributed by atoms with E-state index in [0.717, 1.165) is 0 Å². The van der Waals surface area contributed by atoms with Gasteiger partial charge in [0.25, 0.3) is 0 Å². The van der Waals surface area contributed by atoms with Gasteiger partial charge in [-0.15, -0.1) is 52.7 Å². The van der Waals surface area contributed by atoms with E-state index in [1.165, 1.54) is 72.8 Å². The molecule has 0 amide bonds. The summed E-state index contributed by atoms with van der Waals surface area (Å²) < 4.78 is 169. The van der Waals surface area contributed by atoms with Gasteiger partial charge >= 0.3 is 71.4 Å². The van der Waals surface area contributed by atoms with E-state index in [-0.39, 0.29) is 71.4 Å². The average Bonchev–Trinajstić information content (AvgIpc) is 1.03. The number of hydrogen-bond donors (Lipinski definition) is 0. The number of rotatable bonds is 12. The SMILES string of the molecule is CC[n+]1ccccc1F.CC[n+]1ccccc1F.CC[n+]1ccccc1F.CC[n+]1ccccc1F.CC[n+]1ccccc1F.CC[n+]1ccccc1F.CC[n+]1ccccc1F.CC[n+]1ccccc1F.CC[n+]1ccccc1F.CC[n+]1ccccc1F.CC[n+]1ccccc1F.CC[n+]1ccccc1F.[O-]B([O-])[O-].[O-]B([O-])[O-].[O-]B([O-])[O-].[O-]B([O-])[O-]. The van der Waals surface area contributed by atoms with E-state index in [0.29, 0.717) is 78.5 Å². The highest BCUT2D eigenvalue weighted by atomic mass is 19.2. The fourth-order valence-corrected chi connectivity index (χ4v) is 8.54. The minimum absolute atomic E-state index is 0.181. The first-order valence-corrected chi connectivity index (χ1v) is 38.6. The molecule has 0 aromatic carbocycles. The van der Waals surface area contributed by atoms with Crippen molar-refractivity contribution < 1.29 is 168 Å². The van der Waals surface area contributed by atoms with Crippen LogP contribution in [-0.2, 0) is 78.5 Å². The van der Waals surface area contributed by atoms with E-state index in [2.05, 4.69) is 0 Å². The third-order valence-corrected chi connectivity index (χ3v) is 14.7. The van der Waals surface area contributed by atoms with E-state index >= 15 is 0 Å². The fraction of sp³-hybridized carbons (Fsp3) is 0.286. The summed E-state index contributed by atoms with van der Waals surface area (Å²) in [6.45, 7) is 31.1. The maximum absolute atomic E-state index is 12.6. The molecule has 0 spiro atoms. The van der Waals surface area contributed by atoms with Gasteiger partial charge in [0.15, 0.2) is 74.4 Å². The second-order valence-electron chi connectivity index (χ2n) is 22.9. The molecule has 0 bridgehead atoms. The summed E-state index contributed by atoms with van der Waals surface area (Å²) in [5.41, 5.74) is 0. The van der Waals surface area contributed by atoms with Crippen molar-refractivity contribution in [2.24, 2.45) is 0 Å². The highest BCUT2D eigenvalue weighted by molar-refractivity contribution is 6.24. The molecule has 0 N–H and O–H groups in total. The molecule has 0 saturated heterocycles. The lowest BCUT2D eigenvalue weighted by Gasteiger charge is -2.35. The number of aryl methyl sites for hydroxylation is 12. The smallest absolute Gasteiger partial charge is 0.359 e. The van der Waals surface area contributed by atoms with Crippen molar-refractivity contribution in [3.05, 3.63) is 364 Å². The zero-order valence-electron chi connectivity index (χ0n) is 71.3. The number of halogens is 12. The largest absolute Gasteiger partial charge is 0.907 e. The fourth-order valence-electron chi connectivity index (χ4n) is 8.54. The van der Waals surface area contributed by atoms with Crippen LogP contribution in [0.15, 0.2) is 293 Å². The van der Waals surface area contributed by atoms with Gasteiger partial charge in [0, 0.05) is 146 Å². The van der Waals surface area contributed by atoms with Crippen LogP contribution in [0.3, 0.4) is 0 Å². The van der Waals surface area contributed by atoms with Crippen LogP contribution in [0.25, 0.3) is 0 Å². The number of hydrogen-bond acceptors (Lipinski definition) is 12. The first kappa shape index (κ1) is 119. The number of nitrogens with zero attached hydrogens (tertiary/aromatic N) is 12. The maximum Gasteiger partial charge on any atom is 0.359 e. The molecular formula is C84H108B4F12N12O12. The van der Waals surface area contributed by atoms with Gasteiger partial charge in [0.1, 0.15) is 78.5 Å². The maximum atomic E-state index is 12.6. The molecule has 40 heteroatoms. The predicted octanol–water partition coefficient (Wildman–Crippen LogP) is -2.19. The van der Waals surface area contributed by atoms with Crippen molar-refractivity contribution in [1.82, 2.24) is 0 Å². The Bertz CT molecular complexity index is 3620. The van der Waals surface area contributed by atoms with Gasteiger partial charge in [0.2, 0.25) is 0 Å². The van der Waals surface area contributed by atoms with Crippen LogP contribution in [0.1, 0.15) is 83.1 Å². The Morgan fingerprint density at radius 1 is 0.145 bits per heavy atom. The summed E-state index contributed by atoms with van der Waals surface area (Å²) in [5, 5.41) is 101. The Hall–Kier alpha value is -11.3. The van der Waals surface area contributed by atoms with Crippen molar-refractivity contribution in [1.29, 1.82) is 0 Å². The van der Waals surface area contributed by atoms with Gasteiger partial charge in [-0.1, -0.05) is 0 Å². The molecule has 12 aromatic rings. The van der Waals surface area contributed by atoms with Gasteiger partial charge in [-0.2, -0.15) is 54.8 Å². The summed E-state index contributed by atoms with van der Waals surface area (Å²) in [7, 11) is -11.7. The topological polar surface area (TPSA) is 323 Å². The van der Waals surface area contributed by atoms with E-state index < -0.39 is 29.3 Å². The molecule has 12 heterocycles. The minimum atomic E-state index is -2.92. The van der Waals surface area contributed by atoms with Gasteiger partial charge < -0.3 is 60.3 Å². The highest BCUT2D eigenvalue weighted by Crippen LogP contribution is 1.95. The molecule has 0 atom stereocenters. The van der Waals surface area contributed by atoms with Crippen LogP contribution in [0, 0.1) is 71.4 Å². The summed E-state index contributed by atoms with van der Waals surface area (Å²) in [6, 6.07) is 59.3. The molecule has 0 aliphatic carbocycles. The Kier molecular flexibility index (Phi) is 74.7. The Morgan fingerprint density at radius 2 is 0.202 bits per heavy atom. The van der Waals surface area contributed by atoms with E-state index in [9.17, 15) is 52.7 Å². The normalized spacial score (nSPS) is 9.19. The monoisotopic (exact) mass is 1750 g/mol. The summed E-state index contributed by atoms with van der Waals surface area (Å²) in [4.78, 5) is 0. The molecule has 0 unspecified atom stereocenters. The standard InChI is InChI=1S/12C7H9FN.4BO3/c12*1-2-9-6-4-3-5-7(9)8;4*2-1(3)4/h12*3-6H,2H2,1H3;;;;/q12*+1;4*-3. The predicted molar refractivity (Wildman–Crippen MR) is 410 cm³/mol. The van der Waals surface area contributed by atoms with Crippen LogP contribution in [0.2, 0.25) is 0 Å². The first-order chi connectivity index (χ1) is 59.0. The van der Waals surface area contributed by atoms with Crippen LogP contribution in [-0.4, -0.2) is 29.3 Å². The van der Waals surface area contributed by atoms with E-state index in [4.69, 9.17) is 60.3 Å². The first-order valence-electron chi connectivity index (χ1n) is 38.6. The summed E-state index contributed by atoms with van der Waals surface area (Å²) in [5.74, 6) is -2.17. The van der Waals surface area contributed by atoms with Crippen molar-refractivity contribution in [2.75, 3.05) is 0 Å². The quantitative estimate of drug-likeness (QED) is 0.0545. The Morgan fingerprint density at radius 3 is 0.234 bits per heavy atom. The molecule has 124 heavy (non-hydrogen) atoms. The average molecular weight is 1750 g/mol. The zero-order chi connectivity index (χ0) is 94.6. The lowest BCUT2D eigenvalue weighted by Crippen LogP contribution is -2.56. The van der Waals surface area contributed by atoms with Crippen LogP contribution < -0.4 is 115 Å². The summed E-state index contributed by atoms with van der Waals surface area (Å²) >= 11 is 0. The molecule has 0 aliphatic rings. The van der Waals surface area contributed by atoms with Crippen molar-refractivity contribution in [2.45, 2.75) is 162 Å². The second kappa shape index (κ2) is 77.8. The molecule has 0 saturated carbocycles. The third kappa shape index (κ3) is 63.7. The second-order valence-corrected chi connectivity index (χ2v) is 22.9. The lowest BCUT2D eigenvalue weighted by atomic mass is 10.3. The molecule has 672 valence electrons. The van der Waals surface area contributed by atoms with Gasteiger partial charge in [-0.05, 0) is 156 Å². The van der Waals surface area contributed by atoms with Gasteiger partial charge in [-0.25, -0.2) is 0 Å². The van der Waals surface area contributed by atoms with Gasteiger partial charge in [0.05, 0.1) is 0 Å². The molecule has 0 aliphatic heterocycles. The summed E-state index contributed by atoms with van der Waals surface area (Å²) in [6.07, 6.45) is 20.6. The van der Waals surface area contributed by atoms with E-state index in [1.807, 2.05) is 156 Å². The number of pyridine rings is 12. The van der Waals surface area contributed by atoms with Crippen molar-refractivity contribution >= 4 is 29.3 Å². The molecular weight excluding hydrogens is 1640 g/mol. The third-order valence-electron chi connectivity index (χ3n) is 14.7. The minimum Gasteiger partial charge on any atom is -0.907 e. The van der Waals surface area contributed by atoms with Crippen molar-refractivity contribution in [3.63, 3.8) is 0 Å². The Balaban J connectivity index is -0.000000623. The number of aromatic nitrogens is 12. The lowest BCUT2D eigenvalue weighted by molar-refractivity contribution is -0.721. The van der Waals surface area contributed by atoms with Gasteiger partial charge in [-0.3, -0.25) is 29.3 Å². The molecule has 24 nitrogen and oxygen atoms in total. The molecule has 0 fully saturated rings. The van der Waals surface area contributed by atoms with Crippen LogP contribution in [0.5, 0.6) is 0 Å². The zero-order valence-corrected chi connectivity index (χ0v) is 71.3. The Labute approximate surface area is 719 Å². The van der Waals surface area contributed by atoms with Crippen LogP contribution >= 0.6 is 0 Å². The molecule has 0 radical (unpaired) electrons. The highest BCUT2D eigenvalue weighted by Gasteiger charge is 2.10.